The zero-order valence-electron chi connectivity index (χ0n) is 13.8. The second-order valence-electron chi connectivity index (χ2n) is 5.88. The van der Waals surface area contributed by atoms with E-state index in [1.807, 2.05) is 67.7 Å². The van der Waals surface area contributed by atoms with E-state index in [1.54, 1.807) is 12.1 Å². The van der Waals surface area contributed by atoms with E-state index in [9.17, 15) is 4.79 Å². The zero-order chi connectivity index (χ0) is 17.2. The minimum absolute atomic E-state index is 0.115. The van der Waals surface area contributed by atoms with Crippen LogP contribution < -0.4 is 5.32 Å². The number of fused-ring (bicyclic) bond motifs is 1. The summed E-state index contributed by atoms with van der Waals surface area (Å²) in [7, 11) is 2.01. The molecule has 0 saturated heterocycles. The summed E-state index contributed by atoms with van der Waals surface area (Å²) in [5, 5.41) is 2.91. The standard InChI is InChI=1S/C21H17N3O/c1-24-19-10-6-5-9-18(19)23-20(24)15-11-13-17(14-12-15)22-21(25)16-7-3-2-4-8-16/h2-14H,1H3,(H,22,25). The van der Waals surface area contributed by atoms with E-state index in [1.165, 1.54) is 0 Å². The quantitative estimate of drug-likeness (QED) is 0.602. The molecule has 0 radical (unpaired) electrons. The van der Waals surface area contributed by atoms with E-state index in [2.05, 4.69) is 16.0 Å². The highest BCUT2D eigenvalue weighted by Gasteiger charge is 2.10. The number of imidazole rings is 1. The molecule has 122 valence electrons. The van der Waals surface area contributed by atoms with Crippen LogP contribution in [0.4, 0.5) is 5.69 Å². The predicted octanol–water partition coefficient (Wildman–Crippen LogP) is 4.49. The van der Waals surface area contributed by atoms with Crippen LogP contribution in [-0.4, -0.2) is 15.5 Å². The lowest BCUT2D eigenvalue weighted by molar-refractivity contribution is 0.102. The maximum atomic E-state index is 12.2. The number of rotatable bonds is 3. The fourth-order valence-electron chi connectivity index (χ4n) is 2.90. The first-order chi connectivity index (χ1) is 12.2. The first kappa shape index (κ1) is 15.1. The Bertz CT molecular complexity index is 1030. The first-order valence-electron chi connectivity index (χ1n) is 8.11. The van der Waals surface area contributed by atoms with Gasteiger partial charge in [-0.05, 0) is 48.5 Å². The lowest BCUT2D eigenvalue weighted by Crippen LogP contribution is -2.11. The Morgan fingerprint density at radius 3 is 2.28 bits per heavy atom. The molecule has 0 aliphatic carbocycles. The van der Waals surface area contributed by atoms with E-state index >= 15 is 0 Å². The largest absolute Gasteiger partial charge is 0.327 e. The number of aromatic nitrogens is 2. The second-order valence-corrected chi connectivity index (χ2v) is 5.88. The molecule has 0 atom stereocenters. The molecule has 1 amide bonds. The molecule has 1 heterocycles. The molecule has 25 heavy (non-hydrogen) atoms. The maximum Gasteiger partial charge on any atom is 0.255 e. The summed E-state index contributed by atoms with van der Waals surface area (Å²) in [4.78, 5) is 16.9. The molecule has 4 aromatic rings. The zero-order valence-corrected chi connectivity index (χ0v) is 13.8. The number of hydrogen-bond donors (Lipinski definition) is 1. The number of anilines is 1. The van der Waals surface area contributed by atoms with Crippen LogP contribution in [0.2, 0.25) is 0 Å². The lowest BCUT2D eigenvalue weighted by Gasteiger charge is -2.07. The van der Waals surface area contributed by atoms with E-state index in [4.69, 9.17) is 4.98 Å². The van der Waals surface area contributed by atoms with Gasteiger partial charge < -0.3 is 9.88 Å². The van der Waals surface area contributed by atoms with Crippen molar-refractivity contribution in [1.82, 2.24) is 9.55 Å². The van der Waals surface area contributed by atoms with Gasteiger partial charge in [0.05, 0.1) is 11.0 Å². The third-order valence-electron chi connectivity index (χ3n) is 4.22. The Morgan fingerprint density at radius 1 is 0.880 bits per heavy atom. The molecule has 0 unspecified atom stereocenters. The van der Waals surface area contributed by atoms with Gasteiger partial charge in [0.1, 0.15) is 5.82 Å². The van der Waals surface area contributed by atoms with Crippen molar-refractivity contribution in [3.05, 3.63) is 84.4 Å². The highest BCUT2D eigenvalue weighted by molar-refractivity contribution is 6.04. The summed E-state index contributed by atoms with van der Waals surface area (Å²) < 4.78 is 2.08. The van der Waals surface area contributed by atoms with Crippen LogP contribution in [0.5, 0.6) is 0 Å². The Balaban J connectivity index is 1.59. The van der Waals surface area contributed by atoms with Crippen LogP contribution >= 0.6 is 0 Å². The molecule has 0 spiro atoms. The molecule has 1 aromatic heterocycles. The molecule has 0 bridgehead atoms. The summed E-state index contributed by atoms with van der Waals surface area (Å²) in [5.74, 6) is 0.790. The molecule has 1 N–H and O–H groups in total. The minimum Gasteiger partial charge on any atom is -0.327 e. The number of hydrogen-bond acceptors (Lipinski definition) is 2. The molecule has 4 nitrogen and oxygen atoms in total. The van der Waals surface area contributed by atoms with Gasteiger partial charge >= 0.3 is 0 Å². The molecule has 4 rings (SSSR count). The highest BCUT2D eigenvalue weighted by Crippen LogP contribution is 2.24. The van der Waals surface area contributed by atoms with Crippen molar-refractivity contribution in [2.45, 2.75) is 0 Å². The van der Waals surface area contributed by atoms with Gasteiger partial charge in [0.15, 0.2) is 0 Å². The van der Waals surface area contributed by atoms with E-state index < -0.39 is 0 Å². The van der Waals surface area contributed by atoms with Gasteiger partial charge in [-0.2, -0.15) is 0 Å². The summed E-state index contributed by atoms with van der Waals surface area (Å²) >= 11 is 0. The van der Waals surface area contributed by atoms with Crippen molar-refractivity contribution in [2.75, 3.05) is 5.32 Å². The highest BCUT2D eigenvalue weighted by atomic mass is 16.1. The fraction of sp³-hybridized carbons (Fsp3) is 0.0476. The van der Waals surface area contributed by atoms with E-state index in [0.29, 0.717) is 5.56 Å². The molecule has 0 saturated carbocycles. The fourth-order valence-corrected chi connectivity index (χ4v) is 2.90. The predicted molar refractivity (Wildman–Crippen MR) is 101 cm³/mol. The first-order valence-corrected chi connectivity index (χ1v) is 8.11. The Kier molecular flexibility index (Phi) is 3.78. The molecule has 0 aliphatic rings. The molecular weight excluding hydrogens is 310 g/mol. The van der Waals surface area contributed by atoms with Crippen molar-refractivity contribution in [1.29, 1.82) is 0 Å². The van der Waals surface area contributed by atoms with Gasteiger partial charge in [-0.25, -0.2) is 4.98 Å². The van der Waals surface area contributed by atoms with Gasteiger partial charge in [0.2, 0.25) is 0 Å². The van der Waals surface area contributed by atoms with Crippen LogP contribution in [0.25, 0.3) is 22.4 Å². The Hall–Kier alpha value is -3.40. The van der Waals surface area contributed by atoms with Crippen molar-refractivity contribution < 1.29 is 4.79 Å². The van der Waals surface area contributed by atoms with Gasteiger partial charge in [0, 0.05) is 23.9 Å². The Morgan fingerprint density at radius 2 is 1.56 bits per heavy atom. The summed E-state index contributed by atoms with van der Waals surface area (Å²) in [5.41, 5.74) is 4.48. The number of carbonyl (C=O) groups is 1. The third-order valence-corrected chi connectivity index (χ3v) is 4.22. The van der Waals surface area contributed by atoms with Gasteiger partial charge in [-0.1, -0.05) is 30.3 Å². The van der Waals surface area contributed by atoms with E-state index in [-0.39, 0.29) is 5.91 Å². The van der Waals surface area contributed by atoms with Gasteiger partial charge in [-0.3, -0.25) is 4.79 Å². The van der Waals surface area contributed by atoms with E-state index in [0.717, 1.165) is 28.1 Å². The lowest BCUT2D eigenvalue weighted by atomic mass is 10.1. The average molecular weight is 327 g/mol. The van der Waals surface area contributed by atoms with Crippen LogP contribution in [0, 0.1) is 0 Å². The van der Waals surface area contributed by atoms with Gasteiger partial charge in [-0.15, -0.1) is 0 Å². The number of nitrogens with zero attached hydrogens (tertiary/aromatic N) is 2. The number of aryl methyl sites for hydroxylation is 1. The summed E-state index contributed by atoms with van der Waals surface area (Å²) in [6, 6.07) is 25.0. The minimum atomic E-state index is -0.115. The Labute approximate surface area is 145 Å². The number of carbonyl (C=O) groups excluding carboxylic acids is 1. The molecule has 3 aromatic carbocycles. The van der Waals surface area contributed by atoms with Crippen molar-refractivity contribution in [3.63, 3.8) is 0 Å². The summed E-state index contributed by atoms with van der Waals surface area (Å²) in [6.45, 7) is 0. The van der Waals surface area contributed by atoms with Crippen LogP contribution in [0.3, 0.4) is 0 Å². The summed E-state index contributed by atoms with van der Waals surface area (Å²) in [6.07, 6.45) is 0. The molecule has 0 aliphatic heterocycles. The second kappa shape index (κ2) is 6.24. The van der Waals surface area contributed by atoms with Crippen LogP contribution in [0.15, 0.2) is 78.9 Å². The normalized spacial score (nSPS) is 10.8. The third kappa shape index (κ3) is 2.90. The maximum absolute atomic E-state index is 12.2. The molecule has 0 fully saturated rings. The van der Waals surface area contributed by atoms with Crippen molar-refractivity contribution in [3.8, 4) is 11.4 Å². The van der Waals surface area contributed by atoms with Crippen molar-refractivity contribution in [2.24, 2.45) is 7.05 Å². The van der Waals surface area contributed by atoms with Crippen LogP contribution in [-0.2, 0) is 7.05 Å². The van der Waals surface area contributed by atoms with Gasteiger partial charge in [0.25, 0.3) is 5.91 Å². The average Bonchev–Trinajstić information content (AvgIpc) is 3.00. The topological polar surface area (TPSA) is 46.9 Å². The monoisotopic (exact) mass is 327 g/mol. The number of para-hydroxylation sites is 2. The SMILES string of the molecule is Cn1c(-c2ccc(NC(=O)c3ccccc3)cc2)nc2ccccc21. The molecular formula is C21H17N3O. The number of nitrogens with one attached hydrogen (secondary N) is 1. The van der Waals surface area contributed by atoms with Crippen LogP contribution in [0.1, 0.15) is 10.4 Å². The molecule has 4 heteroatoms. The number of benzene rings is 3. The smallest absolute Gasteiger partial charge is 0.255 e. The number of amides is 1. The van der Waals surface area contributed by atoms with Crippen molar-refractivity contribution >= 4 is 22.6 Å².